The van der Waals surface area contributed by atoms with Crippen molar-refractivity contribution in [2.45, 2.75) is 31.9 Å². The standard InChI is InChI=1S/C10H17NOS/c1-4-10(2,12-3)9(11)8-6-5-7-13-8/h5-7,9H,4,11H2,1-3H3. The molecule has 1 heterocycles. The molecule has 2 unspecified atom stereocenters. The smallest absolute Gasteiger partial charge is 0.0847 e. The summed E-state index contributed by atoms with van der Waals surface area (Å²) in [4.78, 5) is 1.19. The molecule has 0 amide bonds. The molecule has 2 N–H and O–H groups in total. The first-order valence-electron chi connectivity index (χ1n) is 4.48. The van der Waals surface area contributed by atoms with E-state index in [0.717, 1.165) is 6.42 Å². The minimum atomic E-state index is -0.245. The van der Waals surface area contributed by atoms with Crippen LogP contribution in [0.2, 0.25) is 0 Å². The highest BCUT2D eigenvalue weighted by atomic mass is 32.1. The second-order valence-corrected chi connectivity index (χ2v) is 4.34. The summed E-state index contributed by atoms with van der Waals surface area (Å²) in [5.74, 6) is 0. The fraction of sp³-hybridized carbons (Fsp3) is 0.600. The van der Waals surface area contributed by atoms with E-state index in [1.54, 1.807) is 18.4 Å². The van der Waals surface area contributed by atoms with Gasteiger partial charge in [0.05, 0.1) is 11.6 Å². The molecule has 3 heteroatoms. The molecule has 1 aromatic heterocycles. The van der Waals surface area contributed by atoms with Crippen molar-refractivity contribution < 1.29 is 4.74 Å². The molecule has 74 valence electrons. The van der Waals surface area contributed by atoms with Gasteiger partial charge in [0.15, 0.2) is 0 Å². The maximum Gasteiger partial charge on any atom is 0.0847 e. The minimum absolute atomic E-state index is 0.0255. The van der Waals surface area contributed by atoms with E-state index in [2.05, 4.69) is 19.9 Å². The highest BCUT2D eigenvalue weighted by Gasteiger charge is 2.31. The monoisotopic (exact) mass is 199 g/mol. The average Bonchev–Trinajstić information content (AvgIpc) is 2.68. The molecule has 0 aromatic carbocycles. The third-order valence-electron chi connectivity index (χ3n) is 2.68. The van der Waals surface area contributed by atoms with Crippen molar-refractivity contribution in [1.29, 1.82) is 0 Å². The van der Waals surface area contributed by atoms with Gasteiger partial charge in [-0.2, -0.15) is 0 Å². The third-order valence-corrected chi connectivity index (χ3v) is 3.63. The Labute approximate surface area is 83.7 Å². The lowest BCUT2D eigenvalue weighted by Gasteiger charge is -2.32. The number of methoxy groups -OCH3 is 1. The lowest BCUT2D eigenvalue weighted by Crippen LogP contribution is -2.39. The Morgan fingerprint density at radius 3 is 2.77 bits per heavy atom. The quantitative estimate of drug-likeness (QED) is 0.809. The van der Waals surface area contributed by atoms with E-state index in [0.29, 0.717) is 0 Å². The van der Waals surface area contributed by atoms with Crippen LogP contribution in [0.3, 0.4) is 0 Å². The summed E-state index contributed by atoms with van der Waals surface area (Å²) in [6.45, 7) is 4.15. The van der Waals surface area contributed by atoms with Crippen LogP contribution in [0, 0.1) is 0 Å². The number of nitrogens with two attached hydrogens (primary N) is 1. The number of ether oxygens (including phenoxy) is 1. The molecule has 13 heavy (non-hydrogen) atoms. The Bertz CT molecular complexity index is 241. The van der Waals surface area contributed by atoms with Crippen molar-refractivity contribution in [2.24, 2.45) is 5.73 Å². The molecular formula is C10H17NOS. The molecule has 0 aliphatic carbocycles. The van der Waals surface area contributed by atoms with E-state index in [9.17, 15) is 0 Å². The first kappa shape index (κ1) is 10.7. The molecule has 1 aromatic rings. The maximum atomic E-state index is 6.12. The molecule has 2 nitrogen and oxygen atoms in total. The molecule has 0 saturated heterocycles. The minimum Gasteiger partial charge on any atom is -0.377 e. The number of hydrogen-bond donors (Lipinski definition) is 1. The Morgan fingerprint density at radius 1 is 1.69 bits per heavy atom. The van der Waals surface area contributed by atoms with Crippen molar-refractivity contribution in [3.8, 4) is 0 Å². The van der Waals surface area contributed by atoms with Crippen molar-refractivity contribution in [1.82, 2.24) is 0 Å². The van der Waals surface area contributed by atoms with E-state index in [1.807, 2.05) is 11.4 Å². The average molecular weight is 199 g/mol. The first-order valence-corrected chi connectivity index (χ1v) is 5.36. The van der Waals surface area contributed by atoms with Gasteiger partial charge in [0.1, 0.15) is 0 Å². The molecule has 0 aliphatic rings. The summed E-state index contributed by atoms with van der Waals surface area (Å²) < 4.78 is 5.45. The lowest BCUT2D eigenvalue weighted by molar-refractivity contribution is -0.0186. The molecule has 1 rings (SSSR count). The van der Waals surface area contributed by atoms with Crippen molar-refractivity contribution in [2.75, 3.05) is 7.11 Å². The highest BCUT2D eigenvalue weighted by molar-refractivity contribution is 7.10. The maximum absolute atomic E-state index is 6.12. The van der Waals surface area contributed by atoms with Crippen LogP contribution in [0.15, 0.2) is 17.5 Å². The third kappa shape index (κ3) is 2.10. The Hall–Kier alpha value is -0.380. The van der Waals surface area contributed by atoms with Crippen LogP contribution in [0.25, 0.3) is 0 Å². The van der Waals surface area contributed by atoms with Gasteiger partial charge in [0, 0.05) is 12.0 Å². The summed E-state index contributed by atoms with van der Waals surface area (Å²) in [6, 6.07) is 4.05. The fourth-order valence-corrected chi connectivity index (χ4v) is 2.13. The van der Waals surface area contributed by atoms with E-state index in [-0.39, 0.29) is 11.6 Å². The predicted molar refractivity (Wildman–Crippen MR) is 57.0 cm³/mol. The Morgan fingerprint density at radius 2 is 2.38 bits per heavy atom. The predicted octanol–water partition coefficient (Wildman–Crippen LogP) is 2.56. The van der Waals surface area contributed by atoms with E-state index in [4.69, 9.17) is 10.5 Å². The van der Waals surface area contributed by atoms with Gasteiger partial charge >= 0.3 is 0 Å². The SMILES string of the molecule is CCC(C)(OC)C(N)c1cccs1. The number of rotatable bonds is 4. The Kier molecular flexibility index (Phi) is 3.47. The Balaban J connectivity index is 2.82. The molecule has 0 spiro atoms. The van der Waals surface area contributed by atoms with Crippen LogP contribution in [0.1, 0.15) is 31.2 Å². The summed E-state index contributed by atoms with van der Waals surface area (Å²) >= 11 is 1.68. The summed E-state index contributed by atoms with van der Waals surface area (Å²) in [5, 5.41) is 2.04. The molecule has 0 aliphatic heterocycles. The zero-order chi connectivity index (χ0) is 9.90. The first-order chi connectivity index (χ1) is 6.14. The van der Waals surface area contributed by atoms with Crippen molar-refractivity contribution >= 4 is 11.3 Å². The van der Waals surface area contributed by atoms with Gasteiger partial charge in [-0.15, -0.1) is 11.3 Å². The van der Waals surface area contributed by atoms with Crippen LogP contribution in [-0.4, -0.2) is 12.7 Å². The van der Waals surface area contributed by atoms with Gasteiger partial charge in [-0.1, -0.05) is 13.0 Å². The second-order valence-electron chi connectivity index (χ2n) is 3.36. The van der Waals surface area contributed by atoms with Gasteiger partial charge in [-0.25, -0.2) is 0 Å². The lowest BCUT2D eigenvalue weighted by atomic mass is 9.93. The summed E-state index contributed by atoms with van der Waals surface area (Å²) in [5.41, 5.74) is 5.88. The highest BCUT2D eigenvalue weighted by Crippen LogP contribution is 2.31. The second kappa shape index (κ2) is 4.22. The molecule has 0 bridgehead atoms. The van der Waals surface area contributed by atoms with Crippen LogP contribution >= 0.6 is 11.3 Å². The van der Waals surface area contributed by atoms with Crippen LogP contribution in [-0.2, 0) is 4.74 Å². The van der Waals surface area contributed by atoms with Gasteiger partial charge < -0.3 is 10.5 Å². The van der Waals surface area contributed by atoms with Gasteiger partial charge in [0.25, 0.3) is 0 Å². The molecule has 2 atom stereocenters. The van der Waals surface area contributed by atoms with Crippen molar-refractivity contribution in [3.63, 3.8) is 0 Å². The van der Waals surface area contributed by atoms with Gasteiger partial charge in [-0.3, -0.25) is 0 Å². The van der Waals surface area contributed by atoms with E-state index >= 15 is 0 Å². The van der Waals surface area contributed by atoms with Gasteiger partial charge in [-0.05, 0) is 24.8 Å². The molecule has 0 radical (unpaired) electrons. The molecular weight excluding hydrogens is 182 g/mol. The van der Waals surface area contributed by atoms with Crippen LogP contribution < -0.4 is 5.73 Å². The van der Waals surface area contributed by atoms with Crippen LogP contribution in [0.4, 0.5) is 0 Å². The number of hydrogen-bond acceptors (Lipinski definition) is 3. The summed E-state index contributed by atoms with van der Waals surface area (Å²) in [6.07, 6.45) is 0.919. The zero-order valence-electron chi connectivity index (χ0n) is 8.41. The zero-order valence-corrected chi connectivity index (χ0v) is 9.23. The van der Waals surface area contributed by atoms with Crippen molar-refractivity contribution in [3.05, 3.63) is 22.4 Å². The largest absolute Gasteiger partial charge is 0.377 e. The normalized spacial score (nSPS) is 18.2. The topological polar surface area (TPSA) is 35.2 Å². The van der Waals surface area contributed by atoms with Crippen LogP contribution in [0.5, 0.6) is 0 Å². The van der Waals surface area contributed by atoms with E-state index in [1.165, 1.54) is 4.88 Å². The van der Waals surface area contributed by atoms with E-state index < -0.39 is 0 Å². The van der Waals surface area contributed by atoms with Gasteiger partial charge in [0.2, 0.25) is 0 Å². The number of thiophene rings is 1. The fourth-order valence-electron chi connectivity index (χ4n) is 1.26. The molecule has 0 saturated carbocycles. The summed E-state index contributed by atoms with van der Waals surface area (Å²) in [7, 11) is 1.72. The molecule has 0 fully saturated rings.